The number of benzene rings is 1. The average molecular weight is 254 g/mol. The lowest BCUT2D eigenvalue weighted by Crippen LogP contribution is -2.04. The predicted molar refractivity (Wildman–Crippen MR) is 65.0 cm³/mol. The zero-order chi connectivity index (χ0) is 13.3. The molecule has 18 heavy (non-hydrogen) atoms. The van der Waals surface area contributed by atoms with Gasteiger partial charge in [-0.15, -0.1) is 0 Å². The first-order valence-corrected chi connectivity index (χ1v) is 5.54. The number of nitrogens with zero attached hydrogens (tertiary/aromatic N) is 1. The third kappa shape index (κ3) is 2.34. The molecular formula is C13H13F3N2. The van der Waals surface area contributed by atoms with Gasteiger partial charge in [0, 0.05) is 24.5 Å². The van der Waals surface area contributed by atoms with Crippen LogP contribution in [0.25, 0.3) is 11.1 Å². The number of hydrogen-bond acceptors (Lipinski definition) is 1. The van der Waals surface area contributed by atoms with Crippen molar-refractivity contribution >= 4 is 5.69 Å². The van der Waals surface area contributed by atoms with Crippen molar-refractivity contribution in [3.63, 3.8) is 0 Å². The van der Waals surface area contributed by atoms with Gasteiger partial charge in [0.15, 0.2) is 0 Å². The molecule has 0 amide bonds. The van der Waals surface area contributed by atoms with E-state index in [-0.39, 0.29) is 0 Å². The molecule has 0 aliphatic carbocycles. The summed E-state index contributed by atoms with van der Waals surface area (Å²) < 4.78 is 39.7. The zero-order valence-corrected chi connectivity index (χ0v) is 9.83. The summed E-state index contributed by atoms with van der Waals surface area (Å²) >= 11 is 0. The quantitative estimate of drug-likeness (QED) is 0.868. The molecule has 0 bridgehead atoms. The van der Waals surface area contributed by atoms with Gasteiger partial charge < -0.3 is 10.3 Å². The summed E-state index contributed by atoms with van der Waals surface area (Å²) in [6.45, 7) is 2.67. The Morgan fingerprint density at radius 3 is 2.50 bits per heavy atom. The van der Waals surface area contributed by atoms with E-state index in [2.05, 4.69) is 0 Å². The van der Waals surface area contributed by atoms with Crippen molar-refractivity contribution < 1.29 is 13.2 Å². The van der Waals surface area contributed by atoms with Crippen LogP contribution in [-0.2, 0) is 12.7 Å². The molecular weight excluding hydrogens is 241 g/mol. The van der Waals surface area contributed by atoms with E-state index in [1.807, 2.05) is 11.5 Å². The van der Waals surface area contributed by atoms with Gasteiger partial charge in [-0.2, -0.15) is 13.2 Å². The van der Waals surface area contributed by atoms with Gasteiger partial charge in [-0.25, -0.2) is 0 Å². The highest BCUT2D eigenvalue weighted by molar-refractivity contribution is 5.76. The smallest absolute Gasteiger partial charge is 0.397 e. The molecule has 2 aromatic rings. The van der Waals surface area contributed by atoms with Crippen LogP contribution < -0.4 is 5.73 Å². The lowest BCUT2D eigenvalue weighted by molar-refractivity contribution is -0.137. The first kappa shape index (κ1) is 12.5. The van der Waals surface area contributed by atoms with E-state index < -0.39 is 11.7 Å². The van der Waals surface area contributed by atoms with Crippen molar-refractivity contribution in [2.45, 2.75) is 19.6 Å². The third-order valence-corrected chi connectivity index (χ3v) is 2.78. The Hall–Kier alpha value is -1.91. The van der Waals surface area contributed by atoms with Crippen molar-refractivity contribution in [2.75, 3.05) is 5.73 Å². The van der Waals surface area contributed by atoms with Gasteiger partial charge >= 0.3 is 6.18 Å². The van der Waals surface area contributed by atoms with Gasteiger partial charge in [0.05, 0.1) is 11.3 Å². The highest BCUT2D eigenvalue weighted by Gasteiger charge is 2.30. The van der Waals surface area contributed by atoms with Crippen LogP contribution in [-0.4, -0.2) is 4.57 Å². The first-order chi connectivity index (χ1) is 8.41. The van der Waals surface area contributed by atoms with E-state index in [1.165, 1.54) is 6.07 Å². The molecule has 1 aromatic heterocycles. The molecule has 0 aliphatic rings. The highest BCUT2D eigenvalue weighted by Crippen LogP contribution is 2.34. The molecule has 0 radical (unpaired) electrons. The van der Waals surface area contributed by atoms with Crippen LogP contribution in [0.1, 0.15) is 12.5 Å². The molecule has 0 saturated heterocycles. The topological polar surface area (TPSA) is 30.9 Å². The number of halogens is 3. The normalized spacial score (nSPS) is 11.8. The van der Waals surface area contributed by atoms with Crippen LogP contribution in [0.15, 0.2) is 36.7 Å². The Balaban J connectivity index is 2.47. The monoisotopic (exact) mass is 254 g/mol. The summed E-state index contributed by atoms with van der Waals surface area (Å²) in [5.74, 6) is 0. The van der Waals surface area contributed by atoms with E-state index >= 15 is 0 Å². The summed E-state index contributed by atoms with van der Waals surface area (Å²) in [6, 6.07) is 5.18. The van der Waals surface area contributed by atoms with Crippen LogP contribution in [0.3, 0.4) is 0 Å². The van der Waals surface area contributed by atoms with Crippen LogP contribution >= 0.6 is 0 Å². The van der Waals surface area contributed by atoms with Crippen molar-refractivity contribution in [2.24, 2.45) is 0 Å². The Morgan fingerprint density at radius 2 is 1.94 bits per heavy atom. The number of rotatable bonds is 2. The minimum atomic E-state index is -4.34. The minimum Gasteiger partial charge on any atom is -0.397 e. The molecule has 1 heterocycles. The Labute approximate surface area is 103 Å². The molecule has 5 heteroatoms. The fourth-order valence-corrected chi connectivity index (χ4v) is 1.81. The van der Waals surface area contributed by atoms with Crippen LogP contribution in [0.5, 0.6) is 0 Å². The number of nitrogens with two attached hydrogens (primary N) is 1. The molecule has 1 aromatic carbocycles. The highest BCUT2D eigenvalue weighted by atomic mass is 19.4. The Morgan fingerprint density at radius 1 is 1.22 bits per heavy atom. The summed E-state index contributed by atoms with van der Waals surface area (Å²) in [4.78, 5) is 0. The molecule has 0 saturated carbocycles. The largest absolute Gasteiger partial charge is 0.416 e. The maximum atomic E-state index is 12.6. The summed E-state index contributed by atoms with van der Waals surface area (Å²) in [5, 5.41) is 0. The molecule has 0 fully saturated rings. The number of aromatic nitrogens is 1. The molecule has 2 N–H and O–H groups in total. The second-order valence-electron chi connectivity index (χ2n) is 4.04. The molecule has 2 rings (SSSR count). The number of nitrogen functional groups attached to an aromatic ring is 1. The predicted octanol–water partition coefficient (Wildman–Crippen LogP) is 3.78. The van der Waals surface area contributed by atoms with E-state index in [0.29, 0.717) is 16.8 Å². The summed E-state index contributed by atoms with van der Waals surface area (Å²) in [6.07, 6.45) is -0.863. The second-order valence-corrected chi connectivity index (χ2v) is 4.04. The van der Waals surface area contributed by atoms with E-state index in [0.717, 1.165) is 18.7 Å². The summed E-state index contributed by atoms with van der Waals surface area (Å²) in [7, 11) is 0. The SMILES string of the molecule is CCn1cc(N)c(-c2cccc(C(F)(F)F)c2)c1. The van der Waals surface area contributed by atoms with E-state index in [9.17, 15) is 13.2 Å². The first-order valence-electron chi connectivity index (χ1n) is 5.54. The van der Waals surface area contributed by atoms with Crippen molar-refractivity contribution in [3.05, 3.63) is 42.2 Å². The Kier molecular flexibility index (Phi) is 3.07. The molecule has 0 spiro atoms. The van der Waals surface area contributed by atoms with E-state index in [4.69, 9.17) is 5.73 Å². The van der Waals surface area contributed by atoms with Crippen LogP contribution in [0, 0.1) is 0 Å². The van der Waals surface area contributed by atoms with Crippen molar-refractivity contribution in [3.8, 4) is 11.1 Å². The van der Waals surface area contributed by atoms with Crippen LogP contribution in [0.2, 0.25) is 0 Å². The fourth-order valence-electron chi connectivity index (χ4n) is 1.81. The van der Waals surface area contributed by atoms with Gasteiger partial charge in [0.25, 0.3) is 0 Å². The fraction of sp³-hybridized carbons (Fsp3) is 0.231. The molecule has 2 nitrogen and oxygen atoms in total. The van der Waals surface area contributed by atoms with Gasteiger partial charge in [0.1, 0.15) is 0 Å². The standard InChI is InChI=1S/C13H13F3N2/c1-2-18-7-11(12(17)8-18)9-4-3-5-10(6-9)13(14,15)16/h3-8H,2,17H2,1H3. The second kappa shape index (κ2) is 4.40. The van der Waals surface area contributed by atoms with Gasteiger partial charge in [-0.05, 0) is 24.6 Å². The van der Waals surface area contributed by atoms with Crippen molar-refractivity contribution in [1.29, 1.82) is 0 Å². The zero-order valence-electron chi connectivity index (χ0n) is 9.83. The molecule has 0 atom stereocenters. The molecule has 0 unspecified atom stereocenters. The average Bonchev–Trinajstić information content (AvgIpc) is 2.70. The van der Waals surface area contributed by atoms with E-state index in [1.54, 1.807) is 18.5 Å². The van der Waals surface area contributed by atoms with Gasteiger partial charge in [0.2, 0.25) is 0 Å². The number of alkyl halides is 3. The van der Waals surface area contributed by atoms with Gasteiger partial charge in [-0.3, -0.25) is 0 Å². The minimum absolute atomic E-state index is 0.481. The number of anilines is 1. The maximum Gasteiger partial charge on any atom is 0.416 e. The third-order valence-electron chi connectivity index (χ3n) is 2.78. The van der Waals surface area contributed by atoms with Crippen molar-refractivity contribution in [1.82, 2.24) is 4.57 Å². The Bertz CT molecular complexity index is 556. The summed E-state index contributed by atoms with van der Waals surface area (Å²) in [5.41, 5.74) is 6.73. The maximum absolute atomic E-state index is 12.6. The number of aryl methyl sites for hydroxylation is 1. The van der Waals surface area contributed by atoms with Gasteiger partial charge in [-0.1, -0.05) is 12.1 Å². The molecule has 0 aliphatic heterocycles. The lowest BCUT2D eigenvalue weighted by Gasteiger charge is -2.08. The van der Waals surface area contributed by atoms with Crippen LogP contribution in [0.4, 0.5) is 18.9 Å². The molecule has 96 valence electrons. The number of hydrogen-bond donors (Lipinski definition) is 1. The lowest BCUT2D eigenvalue weighted by atomic mass is 10.0.